The minimum Gasteiger partial charge on any atom is -0.462 e. The molecule has 33 heavy (non-hydrogen) atoms. The van der Waals surface area contributed by atoms with Crippen LogP contribution in [0, 0.1) is 6.92 Å². The van der Waals surface area contributed by atoms with Crippen LogP contribution in [0.5, 0.6) is 0 Å². The Kier molecular flexibility index (Phi) is 9.38. The summed E-state index contributed by atoms with van der Waals surface area (Å²) in [6.07, 6.45) is 0.759. The van der Waals surface area contributed by atoms with Crippen molar-refractivity contribution >= 4 is 41.1 Å². The third-order valence-electron chi connectivity index (χ3n) is 4.70. The van der Waals surface area contributed by atoms with E-state index in [1.165, 1.54) is 22.9 Å². The number of thioether (sulfide) groups is 2. The minimum absolute atomic E-state index is 0.183. The second-order valence-electron chi connectivity index (χ2n) is 7.49. The number of hydrogen-bond acceptors (Lipinski definition) is 7. The van der Waals surface area contributed by atoms with Crippen molar-refractivity contribution in [1.82, 2.24) is 14.8 Å². The zero-order chi connectivity index (χ0) is 23.6. The van der Waals surface area contributed by atoms with Crippen LogP contribution in [0.2, 0.25) is 0 Å². The highest BCUT2D eigenvalue weighted by Crippen LogP contribution is 2.21. The molecule has 0 aliphatic rings. The minimum atomic E-state index is -0.394. The molecule has 2 aromatic carbocycles. The fourth-order valence-corrected chi connectivity index (χ4v) is 4.56. The van der Waals surface area contributed by atoms with Gasteiger partial charge in [-0.3, -0.25) is 4.79 Å². The van der Waals surface area contributed by atoms with E-state index in [1.807, 2.05) is 18.5 Å². The number of aromatic nitrogens is 3. The van der Waals surface area contributed by atoms with Gasteiger partial charge in [-0.25, -0.2) is 4.79 Å². The third-order valence-corrected chi connectivity index (χ3v) is 6.72. The van der Waals surface area contributed by atoms with E-state index in [4.69, 9.17) is 4.74 Å². The molecular formula is C24H28N4O3S2. The Morgan fingerprint density at radius 1 is 1.09 bits per heavy atom. The smallest absolute Gasteiger partial charge is 0.338 e. The van der Waals surface area contributed by atoms with Crippen molar-refractivity contribution in [3.8, 4) is 0 Å². The molecule has 1 aromatic heterocycles. The van der Waals surface area contributed by atoms with Crippen LogP contribution < -0.4 is 5.32 Å². The summed E-state index contributed by atoms with van der Waals surface area (Å²) in [7, 11) is 1.91. The molecule has 1 heterocycles. The number of esters is 1. The van der Waals surface area contributed by atoms with Crippen LogP contribution in [0.15, 0.2) is 53.7 Å². The predicted octanol–water partition coefficient (Wildman–Crippen LogP) is 4.85. The summed E-state index contributed by atoms with van der Waals surface area (Å²) >= 11 is 3.10. The number of rotatable bonds is 11. The first-order chi connectivity index (χ1) is 16.0. The normalized spacial score (nSPS) is 10.8. The lowest BCUT2D eigenvalue weighted by molar-refractivity contribution is -0.113. The Labute approximate surface area is 202 Å². The van der Waals surface area contributed by atoms with Gasteiger partial charge >= 0.3 is 5.97 Å². The molecule has 0 spiro atoms. The largest absolute Gasteiger partial charge is 0.462 e. The average molecular weight is 485 g/mol. The average Bonchev–Trinajstić information content (AvgIpc) is 3.17. The maximum Gasteiger partial charge on any atom is 0.338 e. The van der Waals surface area contributed by atoms with Crippen LogP contribution in [-0.4, -0.2) is 39.0 Å². The highest BCUT2D eigenvalue weighted by Gasteiger charge is 2.13. The summed E-state index contributed by atoms with van der Waals surface area (Å²) in [5.41, 5.74) is 3.50. The fraction of sp³-hybridized carbons (Fsp3) is 0.333. The number of anilines is 1. The van der Waals surface area contributed by atoms with Crippen molar-refractivity contribution in [2.45, 2.75) is 36.9 Å². The van der Waals surface area contributed by atoms with Crippen LogP contribution in [0.25, 0.3) is 0 Å². The number of ether oxygens (including phenoxy) is 1. The van der Waals surface area contributed by atoms with Gasteiger partial charge in [-0.15, -0.1) is 22.0 Å². The van der Waals surface area contributed by atoms with Crippen molar-refractivity contribution in [2.24, 2.45) is 7.05 Å². The second kappa shape index (κ2) is 12.5. The standard InChI is InChI=1S/C24H28N4O3S2/c1-4-12-31-23(30)19-6-5-7-20(13-19)25-22(29)16-33-24-27-26-21(28(24)3)15-32-14-18-10-8-17(2)9-11-18/h5-11,13H,4,12,14-16H2,1-3H3,(H,25,29). The second-order valence-corrected chi connectivity index (χ2v) is 9.42. The Balaban J connectivity index is 1.47. The molecule has 174 valence electrons. The van der Waals surface area contributed by atoms with Gasteiger partial charge in [0.15, 0.2) is 5.16 Å². The number of hydrogen-bond donors (Lipinski definition) is 1. The first kappa shape index (κ1) is 24.9. The van der Waals surface area contributed by atoms with Crippen LogP contribution in [0.3, 0.4) is 0 Å². The van der Waals surface area contributed by atoms with Gasteiger partial charge in [0.25, 0.3) is 0 Å². The molecule has 0 atom stereocenters. The Morgan fingerprint density at radius 3 is 2.64 bits per heavy atom. The Morgan fingerprint density at radius 2 is 1.88 bits per heavy atom. The van der Waals surface area contributed by atoms with E-state index < -0.39 is 5.97 Å². The monoisotopic (exact) mass is 484 g/mol. The zero-order valence-electron chi connectivity index (χ0n) is 19.0. The summed E-state index contributed by atoms with van der Waals surface area (Å²) in [4.78, 5) is 24.4. The van der Waals surface area contributed by atoms with Gasteiger partial charge in [0.2, 0.25) is 5.91 Å². The number of carbonyl (C=O) groups is 2. The maximum atomic E-state index is 12.4. The molecule has 0 aliphatic carbocycles. The van der Waals surface area contributed by atoms with Crippen molar-refractivity contribution in [2.75, 3.05) is 17.7 Å². The number of nitrogens with zero attached hydrogens (tertiary/aromatic N) is 3. The van der Waals surface area contributed by atoms with Crippen LogP contribution in [0.1, 0.15) is 40.7 Å². The topological polar surface area (TPSA) is 86.1 Å². The van der Waals surface area contributed by atoms with E-state index in [9.17, 15) is 9.59 Å². The van der Waals surface area contributed by atoms with Crippen molar-refractivity contribution < 1.29 is 14.3 Å². The van der Waals surface area contributed by atoms with E-state index in [-0.39, 0.29) is 11.7 Å². The summed E-state index contributed by atoms with van der Waals surface area (Å²) in [6, 6.07) is 15.3. The van der Waals surface area contributed by atoms with E-state index in [0.717, 1.165) is 23.8 Å². The first-order valence-corrected chi connectivity index (χ1v) is 12.8. The van der Waals surface area contributed by atoms with Gasteiger partial charge in [-0.2, -0.15) is 0 Å². The lowest BCUT2D eigenvalue weighted by Crippen LogP contribution is -2.15. The summed E-state index contributed by atoms with van der Waals surface area (Å²) in [6.45, 7) is 4.39. The molecule has 0 fully saturated rings. The Hall–Kier alpha value is -2.78. The van der Waals surface area contributed by atoms with Crippen LogP contribution in [0.4, 0.5) is 5.69 Å². The lowest BCUT2D eigenvalue weighted by atomic mass is 10.2. The highest BCUT2D eigenvalue weighted by atomic mass is 32.2. The van der Waals surface area contributed by atoms with E-state index in [1.54, 1.807) is 36.0 Å². The number of amides is 1. The molecule has 1 amide bonds. The number of aryl methyl sites for hydroxylation is 1. The summed E-state index contributed by atoms with van der Waals surface area (Å²) in [5.74, 6) is 2.13. The molecule has 3 rings (SSSR count). The number of nitrogens with one attached hydrogen (secondary N) is 1. The van der Waals surface area contributed by atoms with Crippen molar-refractivity contribution in [3.05, 3.63) is 71.0 Å². The predicted molar refractivity (Wildman–Crippen MR) is 134 cm³/mol. The molecule has 0 bridgehead atoms. The van der Waals surface area contributed by atoms with Crippen LogP contribution >= 0.6 is 23.5 Å². The van der Waals surface area contributed by atoms with Gasteiger partial charge in [0, 0.05) is 18.5 Å². The molecule has 0 radical (unpaired) electrons. The van der Waals surface area contributed by atoms with Crippen molar-refractivity contribution in [1.29, 1.82) is 0 Å². The van der Waals surface area contributed by atoms with E-state index in [2.05, 4.69) is 46.7 Å². The molecule has 7 nitrogen and oxygen atoms in total. The highest BCUT2D eigenvalue weighted by molar-refractivity contribution is 7.99. The fourth-order valence-electron chi connectivity index (χ4n) is 2.87. The quantitative estimate of drug-likeness (QED) is 0.307. The van der Waals surface area contributed by atoms with Gasteiger partial charge in [-0.1, -0.05) is 54.6 Å². The van der Waals surface area contributed by atoms with Crippen LogP contribution in [-0.2, 0) is 28.1 Å². The molecule has 0 aliphatic heterocycles. The SMILES string of the molecule is CCCOC(=O)c1cccc(NC(=O)CSc2nnc(CSCc3ccc(C)cc3)n2C)c1. The van der Waals surface area contributed by atoms with Gasteiger partial charge in [-0.05, 0) is 37.1 Å². The zero-order valence-corrected chi connectivity index (χ0v) is 20.7. The van der Waals surface area contributed by atoms with E-state index >= 15 is 0 Å². The van der Waals surface area contributed by atoms with Gasteiger partial charge in [0.1, 0.15) is 5.82 Å². The molecular weight excluding hydrogens is 456 g/mol. The Bertz CT molecular complexity index is 1080. The van der Waals surface area contributed by atoms with Gasteiger partial charge in [0.05, 0.1) is 23.7 Å². The molecule has 0 unspecified atom stereocenters. The molecule has 3 aromatic rings. The number of carbonyl (C=O) groups excluding carboxylic acids is 2. The molecule has 0 saturated carbocycles. The molecule has 1 N–H and O–H groups in total. The maximum absolute atomic E-state index is 12.4. The van der Waals surface area contributed by atoms with E-state index in [0.29, 0.717) is 23.0 Å². The third kappa shape index (κ3) is 7.64. The molecule has 0 saturated heterocycles. The first-order valence-electron chi connectivity index (χ1n) is 10.7. The number of benzene rings is 2. The van der Waals surface area contributed by atoms with Crippen molar-refractivity contribution in [3.63, 3.8) is 0 Å². The lowest BCUT2D eigenvalue weighted by Gasteiger charge is -2.08. The summed E-state index contributed by atoms with van der Waals surface area (Å²) in [5, 5.41) is 12.0. The molecule has 9 heteroatoms. The van der Waals surface area contributed by atoms with Gasteiger partial charge < -0.3 is 14.6 Å². The summed E-state index contributed by atoms with van der Waals surface area (Å²) < 4.78 is 7.06.